The maximum absolute atomic E-state index is 13.0. The van der Waals surface area contributed by atoms with Crippen LogP contribution in [0.1, 0.15) is 31.0 Å². The van der Waals surface area contributed by atoms with Gasteiger partial charge in [-0.1, -0.05) is 0 Å². The van der Waals surface area contributed by atoms with Crippen molar-refractivity contribution in [2.75, 3.05) is 37.7 Å². The first kappa shape index (κ1) is 20.8. The molecule has 0 radical (unpaired) electrons. The average Bonchev–Trinajstić information content (AvgIpc) is 3.19. The number of nitro benzene ring substituents is 1. The first-order chi connectivity index (χ1) is 14.4. The molecular weight excluding hydrogens is 410 g/mol. The molecule has 2 aliphatic heterocycles. The zero-order valence-corrected chi connectivity index (χ0v) is 17.6. The highest BCUT2D eigenvalue weighted by molar-refractivity contribution is 7.89. The van der Waals surface area contributed by atoms with Crippen molar-refractivity contribution in [1.29, 1.82) is 0 Å². The summed E-state index contributed by atoms with van der Waals surface area (Å²) in [4.78, 5) is 13.4. The number of nitro groups is 1. The molecule has 2 saturated heterocycles. The first-order valence-electron chi connectivity index (χ1n) is 10.0. The van der Waals surface area contributed by atoms with Crippen molar-refractivity contribution in [3.63, 3.8) is 0 Å². The van der Waals surface area contributed by atoms with Gasteiger partial charge in [0.1, 0.15) is 5.69 Å². The molecule has 11 heteroatoms. The minimum Gasteiger partial charge on any atom is -0.379 e. The molecule has 0 bridgehead atoms. The minimum atomic E-state index is -3.81. The first-order valence-corrected chi connectivity index (χ1v) is 11.4. The number of aryl methyl sites for hydroxylation is 1. The van der Waals surface area contributed by atoms with Crippen molar-refractivity contribution in [2.24, 2.45) is 7.05 Å². The molecular formula is C19H25N5O5S. The quantitative estimate of drug-likeness (QED) is 0.522. The highest BCUT2D eigenvalue weighted by Crippen LogP contribution is 2.40. The minimum absolute atomic E-state index is 0.0494. The number of rotatable bonds is 5. The normalized spacial score (nSPS) is 21.0. The molecule has 2 fully saturated rings. The molecule has 2 aromatic rings. The lowest BCUT2D eigenvalue weighted by Gasteiger charge is -2.37. The van der Waals surface area contributed by atoms with Crippen molar-refractivity contribution in [3.8, 4) is 0 Å². The molecule has 1 aromatic heterocycles. The number of ether oxygens (including phenoxy) is 1. The SMILES string of the molecule is Cn1nccc1[C@H]1CCCCN1c1ccc(S(=O)(=O)N2CCOCC2)cc1[N+](=O)[O-]. The van der Waals surface area contributed by atoms with Crippen molar-refractivity contribution < 1.29 is 18.1 Å². The van der Waals surface area contributed by atoms with E-state index in [0.717, 1.165) is 25.0 Å². The molecule has 162 valence electrons. The summed E-state index contributed by atoms with van der Waals surface area (Å²) in [5, 5.41) is 16.1. The predicted molar refractivity (Wildman–Crippen MR) is 110 cm³/mol. The lowest BCUT2D eigenvalue weighted by molar-refractivity contribution is -0.384. The van der Waals surface area contributed by atoms with Gasteiger partial charge < -0.3 is 9.64 Å². The van der Waals surface area contributed by atoms with Crippen LogP contribution in [0.5, 0.6) is 0 Å². The van der Waals surface area contributed by atoms with E-state index in [1.54, 1.807) is 16.9 Å². The number of nitrogens with zero attached hydrogens (tertiary/aromatic N) is 5. The van der Waals surface area contributed by atoms with E-state index in [-0.39, 0.29) is 29.7 Å². The van der Waals surface area contributed by atoms with Gasteiger partial charge in [-0.05, 0) is 37.5 Å². The number of aromatic nitrogens is 2. The third-order valence-electron chi connectivity index (χ3n) is 5.76. The van der Waals surface area contributed by atoms with E-state index >= 15 is 0 Å². The van der Waals surface area contributed by atoms with Gasteiger partial charge >= 0.3 is 0 Å². The van der Waals surface area contributed by atoms with E-state index < -0.39 is 14.9 Å². The Morgan fingerprint density at radius 1 is 1.17 bits per heavy atom. The molecule has 10 nitrogen and oxygen atoms in total. The Kier molecular flexibility index (Phi) is 5.76. The summed E-state index contributed by atoms with van der Waals surface area (Å²) in [5.41, 5.74) is 1.22. The molecule has 0 amide bonds. The lowest BCUT2D eigenvalue weighted by atomic mass is 9.98. The average molecular weight is 436 g/mol. The van der Waals surface area contributed by atoms with E-state index in [1.165, 1.54) is 16.4 Å². The summed E-state index contributed by atoms with van der Waals surface area (Å²) in [7, 11) is -1.96. The fourth-order valence-electron chi connectivity index (χ4n) is 4.23. The number of hydrogen-bond acceptors (Lipinski definition) is 7. The molecule has 1 aromatic carbocycles. The van der Waals surface area contributed by atoms with Crippen molar-refractivity contribution in [3.05, 3.63) is 46.3 Å². The van der Waals surface area contributed by atoms with E-state index in [9.17, 15) is 18.5 Å². The summed E-state index contributed by atoms with van der Waals surface area (Å²) in [6, 6.07) is 6.11. The molecule has 3 heterocycles. The Hall–Kier alpha value is -2.50. The second-order valence-electron chi connectivity index (χ2n) is 7.51. The zero-order valence-electron chi connectivity index (χ0n) is 16.8. The Bertz CT molecular complexity index is 1030. The van der Waals surface area contributed by atoms with Gasteiger partial charge in [0.25, 0.3) is 5.69 Å². The van der Waals surface area contributed by atoms with Gasteiger partial charge in [-0.15, -0.1) is 0 Å². The van der Waals surface area contributed by atoms with Gasteiger partial charge in [0.2, 0.25) is 10.0 Å². The van der Waals surface area contributed by atoms with Crippen LogP contribution in [-0.2, 0) is 21.8 Å². The topological polar surface area (TPSA) is 111 Å². The van der Waals surface area contributed by atoms with Crippen LogP contribution in [0.2, 0.25) is 0 Å². The Balaban J connectivity index is 1.73. The number of hydrogen-bond donors (Lipinski definition) is 0. The highest BCUT2D eigenvalue weighted by Gasteiger charge is 2.33. The van der Waals surface area contributed by atoms with Crippen molar-refractivity contribution in [2.45, 2.75) is 30.2 Å². The Morgan fingerprint density at radius 2 is 1.93 bits per heavy atom. The molecule has 0 N–H and O–H groups in total. The van der Waals surface area contributed by atoms with Crippen LogP contribution in [0, 0.1) is 10.1 Å². The fraction of sp³-hybridized carbons (Fsp3) is 0.526. The van der Waals surface area contributed by atoms with Crippen LogP contribution in [0.4, 0.5) is 11.4 Å². The summed E-state index contributed by atoms with van der Waals surface area (Å²) >= 11 is 0. The highest BCUT2D eigenvalue weighted by atomic mass is 32.2. The number of anilines is 1. The molecule has 0 saturated carbocycles. The fourth-order valence-corrected chi connectivity index (χ4v) is 5.66. The summed E-state index contributed by atoms with van der Waals surface area (Å²) < 4.78 is 34.3. The largest absolute Gasteiger partial charge is 0.379 e. The smallest absolute Gasteiger partial charge is 0.293 e. The van der Waals surface area contributed by atoms with E-state index in [2.05, 4.69) is 5.10 Å². The third-order valence-corrected chi connectivity index (χ3v) is 7.66. The summed E-state index contributed by atoms with van der Waals surface area (Å²) in [6.45, 7) is 1.78. The van der Waals surface area contributed by atoms with Gasteiger partial charge in [0.05, 0.1) is 34.8 Å². The molecule has 2 aliphatic rings. The van der Waals surface area contributed by atoms with Gasteiger partial charge in [0, 0.05) is 38.9 Å². The lowest BCUT2D eigenvalue weighted by Crippen LogP contribution is -2.40. The molecule has 0 spiro atoms. The van der Waals surface area contributed by atoms with Crippen molar-refractivity contribution in [1.82, 2.24) is 14.1 Å². The van der Waals surface area contributed by atoms with Gasteiger partial charge in [-0.2, -0.15) is 9.40 Å². The van der Waals surface area contributed by atoms with Gasteiger partial charge in [-0.3, -0.25) is 14.8 Å². The second-order valence-corrected chi connectivity index (χ2v) is 9.45. The van der Waals surface area contributed by atoms with E-state index in [4.69, 9.17) is 4.74 Å². The van der Waals surface area contributed by atoms with Gasteiger partial charge in [-0.25, -0.2) is 8.42 Å². The summed E-state index contributed by atoms with van der Waals surface area (Å²) in [5.74, 6) is 0. The maximum atomic E-state index is 13.0. The van der Waals surface area contributed by atoms with Crippen LogP contribution in [0.3, 0.4) is 0 Å². The number of sulfonamides is 1. The van der Waals surface area contributed by atoms with Crippen LogP contribution in [0.15, 0.2) is 35.4 Å². The zero-order chi connectivity index (χ0) is 21.3. The molecule has 0 unspecified atom stereocenters. The molecule has 4 rings (SSSR count). The number of benzene rings is 1. The van der Waals surface area contributed by atoms with E-state index in [1.807, 2.05) is 18.0 Å². The number of piperidine rings is 1. The monoisotopic (exact) mass is 435 g/mol. The molecule has 1 atom stereocenters. The second kappa shape index (κ2) is 8.32. The Morgan fingerprint density at radius 3 is 2.60 bits per heavy atom. The van der Waals surface area contributed by atoms with Crippen LogP contribution < -0.4 is 4.90 Å². The number of morpholine rings is 1. The van der Waals surface area contributed by atoms with Crippen LogP contribution in [-0.4, -0.2) is 60.3 Å². The van der Waals surface area contributed by atoms with Crippen LogP contribution >= 0.6 is 0 Å². The maximum Gasteiger partial charge on any atom is 0.293 e. The summed E-state index contributed by atoms with van der Waals surface area (Å²) in [6.07, 6.45) is 4.50. The third kappa shape index (κ3) is 3.80. The van der Waals surface area contributed by atoms with Crippen molar-refractivity contribution >= 4 is 21.4 Å². The molecule has 0 aliphatic carbocycles. The van der Waals surface area contributed by atoms with Crippen LogP contribution in [0.25, 0.3) is 0 Å². The molecule has 30 heavy (non-hydrogen) atoms. The Labute approximate surface area is 175 Å². The standard InChI is InChI=1S/C19H25N5O5S/c1-21-16(7-8-20-21)17-4-2-3-9-23(17)18-6-5-15(14-19(18)24(25)26)30(27,28)22-10-12-29-13-11-22/h5-8,14,17H,2-4,9-13H2,1H3/t17-/m1/s1. The van der Waals surface area contributed by atoms with E-state index in [0.29, 0.717) is 25.4 Å². The predicted octanol–water partition coefficient (Wildman–Crippen LogP) is 2.08. The van der Waals surface area contributed by atoms with Gasteiger partial charge in [0.15, 0.2) is 0 Å².